The Balaban J connectivity index is 1.39. The predicted octanol–water partition coefficient (Wildman–Crippen LogP) is 3.45. The first-order valence-electron chi connectivity index (χ1n) is 9.82. The van der Waals surface area contributed by atoms with Crippen molar-refractivity contribution in [1.29, 1.82) is 0 Å². The maximum Gasteiger partial charge on any atom is 0.270 e. The molecule has 4 rings (SSSR count). The second-order valence-corrected chi connectivity index (χ2v) is 7.70. The van der Waals surface area contributed by atoms with Gasteiger partial charge >= 0.3 is 0 Å². The third-order valence-electron chi connectivity index (χ3n) is 5.51. The number of carbonyl (C=O) groups excluding carboxylic acids is 2. The molecular formula is C23H24FN3O2. The minimum Gasteiger partial charge on any atom is -0.351 e. The fourth-order valence-corrected chi connectivity index (χ4v) is 3.93. The van der Waals surface area contributed by atoms with Crippen molar-refractivity contribution >= 4 is 22.7 Å². The van der Waals surface area contributed by atoms with Crippen molar-refractivity contribution < 1.29 is 14.0 Å². The first kappa shape index (κ1) is 19.2. The average Bonchev–Trinajstić information content (AvgIpc) is 3.13. The monoisotopic (exact) mass is 393 g/mol. The van der Waals surface area contributed by atoms with Crippen molar-refractivity contribution in [2.75, 3.05) is 26.2 Å². The van der Waals surface area contributed by atoms with Crippen LogP contribution < -0.4 is 0 Å². The first-order chi connectivity index (χ1) is 13.9. The number of rotatable bonds is 3. The number of amides is 2. The average molecular weight is 393 g/mol. The molecule has 150 valence electrons. The Bertz CT molecular complexity index is 1060. The molecule has 6 heteroatoms. The van der Waals surface area contributed by atoms with E-state index in [2.05, 4.69) is 11.1 Å². The number of aromatic amines is 1. The molecule has 0 saturated carbocycles. The summed E-state index contributed by atoms with van der Waals surface area (Å²) in [7, 11) is 0. The number of H-pyrrole nitrogens is 1. The van der Waals surface area contributed by atoms with E-state index >= 15 is 0 Å². The molecule has 0 unspecified atom stereocenters. The van der Waals surface area contributed by atoms with Crippen molar-refractivity contribution in [2.45, 2.75) is 20.3 Å². The molecule has 1 aliphatic rings. The van der Waals surface area contributed by atoms with Gasteiger partial charge in [0.05, 0.1) is 6.42 Å². The zero-order chi connectivity index (χ0) is 20.5. The van der Waals surface area contributed by atoms with E-state index in [0.29, 0.717) is 31.9 Å². The number of aromatic nitrogens is 1. The zero-order valence-corrected chi connectivity index (χ0v) is 16.7. The van der Waals surface area contributed by atoms with Gasteiger partial charge in [-0.1, -0.05) is 18.2 Å². The molecule has 0 bridgehead atoms. The molecular weight excluding hydrogens is 369 g/mol. The maximum absolute atomic E-state index is 13.0. The zero-order valence-electron chi connectivity index (χ0n) is 16.7. The number of piperazine rings is 1. The first-order valence-corrected chi connectivity index (χ1v) is 9.82. The lowest BCUT2D eigenvalue weighted by atomic mass is 10.1. The second-order valence-electron chi connectivity index (χ2n) is 7.70. The standard InChI is InChI=1S/C23H24FN3O2/c1-15-11-16(2)19-14-21(25-20(19)12-15)23(29)27-9-7-26(8-10-27)22(28)13-17-3-5-18(24)6-4-17/h3-6,11-12,14,25H,7-10,13H2,1-2H3. The number of benzene rings is 2. The Labute approximate surface area is 169 Å². The van der Waals surface area contributed by atoms with Crippen LogP contribution in [0.3, 0.4) is 0 Å². The van der Waals surface area contributed by atoms with Crippen LogP contribution in [-0.2, 0) is 11.2 Å². The van der Waals surface area contributed by atoms with E-state index in [0.717, 1.165) is 27.6 Å². The van der Waals surface area contributed by atoms with Crippen LogP contribution in [0.5, 0.6) is 0 Å². The summed E-state index contributed by atoms with van der Waals surface area (Å²) in [6, 6.07) is 12.1. The lowest BCUT2D eigenvalue weighted by Crippen LogP contribution is -2.51. The highest BCUT2D eigenvalue weighted by molar-refractivity contribution is 5.99. The topological polar surface area (TPSA) is 56.4 Å². The summed E-state index contributed by atoms with van der Waals surface area (Å²) in [5.74, 6) is -0.347. The molecule has 2 heterocycles. The molecule has 0 spiro atoms. The van der Waals surface area contributed by atoms with Crippen LogP contribution in [0, 0.1) is 19.7 Å². The van der Waals surface area contributed by atoms with Crippen molar-refractivity contribution in [3.05, 3.63) is 70.7 Å². The van der Waals surface area contributed by atoms with Crippen LogP contribution in [0.25, 0.3) is 10.9 Å². The van der Waals surface area contributed by atoms with Gasteiger partial charge in [-0.15, -0.1) is 0 Å². The molecule has 0 radical (unpaired) electrons. The molecule has 29 heavy (non-hydrogen) atoms. The van der Waals surface area contributed by atoms with Gasteiger partial charge in [-0.05, 0) is 54.8 Å². The number of hydrogen-bond donors (Lipinski definition) is 1. The second kappa shape index (κ2) is 7.70. The Morgan fingerprint density at radius 2 is 1.62 bits per heavy atom. The summed E-state index contributed by atoms with van der Waals surface area (Å²) < 4.78 is 13.0. The highest BCUT2D eigenvalue weighted by Gasteiger charge is 2.26. The molecule has 1 fully saturated rings. The van der Waals surface area contributed by atoms with Gasteiger partial charge in [0.1, 0.15) is 11.5 Å². The fraction of sp³-hybridized carbons (Fsp3) is 0.304. The van der Waals surface area contributed by atoms with Crippen LogP contribution in [0.4, 0.5) is 4.39 Å². The third-order valence-corrected chi connectivity index (χ3v) is 5.51. The normalized spacial score (nSPS) is 14.4. The summed E-state index contributed by atoms with van der Waals surface area (Å²) in [5, 5.41) is 1.06. The number of nitrogens with one attached hydrogen (secondary N) is 1. The van der Waals surface area contributed by atoms with Gasteiger partial charge in [-0.25, -0.2) is 4.39 Å². The third kappa shape index (κ3) is 4.01. The van der Waals surface area contributed by atoms with E-state index in [1.807, 2.05) is 26.0 Å². The number of halogens is 1. The number of hydrogen-bond acceptors (Lipinski definition) is 2. The molecule has 2 aromatic carbocycles. The lowest BCUT2D eigenvalue weighted by Gasteiger charge is -2.34. The van der Waals surface area contributed by atoms with E-state index in [1.54, 1.807) is 21.9 Å². The van der Waals surface area contributed by atoms with E-state index in [9.17, 15) is 14.0 Å². The van der Waals surface area contributed by atoms with Crippen LogP contribution in [-0.4, -0.2) is 52.8 Å². The van der Waals surface area contributed by atoms with Crippen LogP contribution >= 0.6 is 0 Å². The molecule has 1 aliphatic heterocycles. The van der Waals surface area contributed by atoms with Gasteiger partial charge in [0.2, 0.25) is 5.91 Å². The lowest BCUT2D eigenvalue weighted by molar-refractivity contribution is -0.131. The van der Waals surface area contributed by atoms with Crippen molar-refractivity contribution in [3.8, 4) is 0 Å². The van der Waals surface area contributed by atoms with Crippen LogP contribution in [0.15, 0.2) is 42.5 Å². The Morgan fingerprint density at radius 3 is 2.31 bits per heavy atom. The van der Waals surface area contributed by atoms with Gasteiger partial charge in [0.25, 0.3) is 5.91 Å². The SMILES string of the molecule is Cc1cc(C)c2cc(C(=O)N3CCN(C(=O)Cc4ccc(F)cc4)CC3)[nH]c2c1. The van der Waals surface area contributed by atoms with E-state index in [4.69, 9.17) is 0 Å². The molecule has 5 nitrogen and oxygen atoms in total. The summed E-state index contributed by atoms with van der Waals surface area (Å²) >= 11 is 0. The molecule has 1 N–H and O–H groups in total. The quantitative estimate of drug-likeness (QED) is 0.741. The minimum atomic E-state index is -0.310. The molecule has 1 saturated heterocycles. The largest absolute Gasteiger partial charge is 0.351 e. The van der Waals surface area contributed by atoms with Crippen LogP contribution in [0.2, 0.25) is 0 Å². The minimum absolute atomic E-state index is 0.000388. The fourth-order valence-electron chi connectivity index (χ4n) is 3.93. The summed E-state index contributed by atoms with van der Waals surface area (Å²) in [5.41, 5.74) is 4.65. The van der Waals surface area contributed by atoms with Gasteiger partial charge in [-0.2, -0.15) is 0 Å². The van der Waals surface area contributed by atoms with Crippen molar-refractivity contribution in [3.63, 3.8) is 0 Å². The van der Waals surface area contributed by atoms with Gasteiger partial charge < -0.3 is 14.8 Å². The van der Waals surface area contributed by atoms with E-state index < -0.39 is 0 Å². The summed E-state index contributed by atoms with van der Waals surface area (Å²) in [4.78, 5) is 32.2. The van der Waals surface area contributed by atoms with Gasteiger partial charge in [-0.3, -0.25) is 9.59 Å². The molecule has 0 aliphatic carbocycles. The number of aryl methyl sites for hydroxylation is 2. The smallest absolute Gasteiger partial charge is 0.270 e. The van der Waals surface area contributed by atoms with Crippen LogP contribution in [0.1, 0.15) is 27.2 Å². The summed E-state index contributed by atoms with van der Waals surface area (Å²) in [6.07, 6.45) is 0.245. The van der Waals surface area contributed by atoms with Crippen molar-refractivity contribution in [1.82, 2.24) is 14.8 Å². The predicted molar refractivity (Wildman–Crippen MR) is 110 cm³/mol. The highest BCUT2D eigenvalue weighted by Crippen LogP contribution is 2.22. The number of fused-ring (bicyclic) bond motifs is 1. The van der Waals surface area contributed by atoms with Gasteiger partial charge in [0.15, 0.2) is 0 Å². The van der Waals surface area contributed by atoms with Crippen molar-refractivity contribution in [2.24, 2.45) is 0 Å². The molecule has 3 aromatic rings. The highest BCUT2D eigenvalue weighted by atomic mass is 19.1. The Kier molecular flexibility index (Phi) is 5.09. The summed E-state index contributed by atoms with van der Waals surface area (Å²) in [6.45, 7) is 6.09. The Hall–Kier alpha value is -3.15. The van der Waals surface area contributed by atoms with Gasteiger partial charge in [0, 0.05) is 37.1 Å². The molecule has 0 atom stereocenters. The van der Waals surface area contributed by atoms with E-state index in [1.165, 1.54) is 12.1 Å². The Morgan fingerprint density at radius 1 is 0.966 bits per heavy atom. The van der Waals surface area contributed by atoms with E-state index in [-0.39, 0.29) is 24.1 Å². The number of carbonyl (C=O) groups is 2. The molecule has 1 aromatic heterocycles. The molecule has 2 amide bonds. The maximum atomic E-state index is 13.0. The number of nitrogens with zero attached hydrogens (tertiary/aromatic N) is 2.